The summed E-state index contributed by atoms with van der Waals surface area (Å²) in [6.07, 6.45) is 7.61. The Kier molecular flexibility index (Phi) is 3.80. The Hall–Kier alpha value is -0.570. The van der Waals surface area contributed by atoms with Crippen LogP contribution in [0.5, 0.6) is 0 Å². The lowest BCUT2D eigenvalue weighted by atomic mass is 10.1. The van der Waals surface area contributed by atoms with E-state index in [1.165, 1.54) is 44.4 Å². The van der Waals surface area contributed by atoms with E-state index in [1.54, 1.807) is 0 Å². The molecule has 0 bridgehead atoms. The van der Waals surface area contributed by atoms with Crippen LogP contribution in [0, 0.1) is 0 Å². The van der Waals surface area contributed by atoms with Gasteiger partial charge < -0.3 is 10.6 Å². The third-order valence-corrected chi connectivity index (χ3v) is 3.08. The molecule has 14 heavy (non-hydrogen) atoms. The fourth-order valence-electron chi connectivity index (χ4n) is 2.19. The number of nitrogens with zero attached hydrogens (tertiary/aromatic N) is 1. The van der Waals surface area contributed by atoms with Crippen LogP contribution in [-0.4, -0.2) is 31.5 Å². The zero-order chi connectivity index (χ0) is 9.64. The fraction of sp³-hybridized carbons (Fsp3) is 0.909. The molecule has 2 N–H and O–H groups in total. The van der Waals surface area contributed by atoms with E-state index in [0.29, 0.717) is 6.04 Å². The van der Waals surface area contributed by atoms with E-state index >= 15 is 0 Å². The highest BCUT2D eigenvalue weighted by atomic mass is 15.0. The first-order valence-electron chi connectivity index (χ1n) is 5.96. The molecule has 0 atom stereocenters. The molecule has 0 unspecified atom stereocenters. The van der Waals surface area contributed by atoms with Crippen molar-refractivity contribution < 1.29 is 0 Å². The molecule has 1 saturated heterocycles. The lowest BCUT2D eigenvalue weighted by Gasteiger charge is -2.25. The maximum Gasteiger partial charge on any atom is 0.0965 e. The molecular formula is C11H21N3. The van der Waals surface area contributed by atoms with Gasteiger partial charge in [0.05, 0.1) is 5.84 Å². The second-order valence-electron chi connectivity index (χ2n) is 4.31. The van der Waals surface area contributed by atoms with Gasteiger partial charge in [-0.25, -0.2) is 0 Å². The SMILES string of the molecule is C1CCN=C(NC2CCNCC2)CC1. The van der Waals surface area contributed by atoms with Gasteiger partial charge >= 0.3 is 0 Å². The third kappa shape index (κ3) is 2.98. The largest absolute Gasteiger partial charge is 0.371 e. The summed E-state index contributed by atoms with van der Waals surface area (Å²) in [7, 11) is 0. The predicted octanol–water partition coefficient (Wildman–Crippen LogP) is 1.30. The van der Waals surface area contributed by atoms with Crippen LogP contribution in [0.2, 0.25) is 0 Å². The van der Waals surface area contributed by atoms with Crippen molar-refractivity contribution in [3.63, 3.8) is 0 Å². The molecule has 1 fully saturated rings. The van der Waals surface area contributed by atoms with E-state index in [-0.39, 0.29) is 0 Å². The minimum atomic E-state index is 0.674. The van der Waals surface area contributed by atoms with Crippen molar-refractivity contribution >= 4 is 5.84 Å². The molecule has 80 valence electrons. The molecule has 2 aliphatic heterocycles. The van der Waals surface area contributed by atoms with Gasteiger partial charge in [-0.2, -0.15) is 0 Å². The number of rotatable bonds is 1. The van der Waals surface area contributed by atoms with Gasteiger partial charge in [-0.05, 0) is 38.8 Å². The lowest BCUT2D eigenvalue weighted by molar-refractivity contribution is 0.427. The van der Waals surface area contributed by atoms with Gasteiger partial charge in [-0.3, -0.25) is 4.99 Å². The zero-order valence-corrected chi connectivity index (χ0v) is 8.89. The first kappa shape index (κ1) is 9.97. The van der Waals surface area contributed by atoms with Crippen LogP contribution in [0.15, 0.2) is 4.99 Å². The first-order valence-corrected chi connectivity index (χ1v) is 5.96. The first-order chi connectivity index (χ1) is 6.95. The van der Waals surface area contributed by atoms with Crippen LogP contribution in [0.3, 0.4) is 0 Å². The molecule has 0 spiro atoms. The molecule has 0 saturated carbocycles. The van der Waals surface area contributed by atoms with Crippen molar-refractivity contribution in [1.29, 1.82) is 0 Å². The zero-order valence-electron chi connectivity index (χ0n) is 8.89. The average Bonchev–Trinajstić information content (AvgIpc) is 2.48. The molecular weight excluding hydrogens is 174 g/mol. The minimum Gasteiger partial charge on any atom is -0.371 e. The Labute approximate surface area is 86.4 Å². The van der Waals surface area contributed by atoms with E-state index in [2.05, 4.69) is 15.6 Å². The highest BCUT2D eigenvalue weighted by Crippen LogP contribution is 2.08. The minimum absolute atomic E-state index is 0.674. The number of nitrogens with one attached hydrogen (secondary N) is 2. The average molecular weight is 195 g/mol. The topological polar surface area (TPSA) is 36.4 Å². The standard InChI is InChI=1S/C11H21N3/c1-2-4-11(13-7-3-1)14-10-5-8-12-9-6-10/h10,12H,1-9H2,(H,13,14). The number of hydrogen-bond acceptors (Lipinski definition) is 3. The van der Waals surface area contributed by atoms with Crippen molar-refractivity contribution in [2.24, 2.45) is 4.99 Å². The van der Waals surface area contributed by atoms with Crippen molar-refractivity contribution in [1.82, 2.24) is 10.6 Å². The van der Waals surface area contributed by atoms with E-state index in [4.69, 9.17) is 0 Å². The van der Waals surface area contributed by atoms with E-state index in [9.17, 15) is 0 Å². The molecule has 3 nitrogen and oxygen atoms in total. The van der Waals surface area contributed by atoms with Crippen LogP contribution in [-0.2, 0) is 0 Å². The van der Waals surface area contributed by atoms with Crippen molar-refractivity contribution in [3.05, 3.63) is 0 Å². The summed E-state index contributed by atoms with van der Waals surface area (Å²) in [6, 6.07) is 0.674. The summed E-state index contributed by atoms with van der Waals surface area (Å²) in [5, 5.41) is 6.99. The molecule has 0 aromatic carbocycles. The summed E-state index contributed by atoms with van der Waals surface area (Å²) >= 11 is 0. The summed E-state index contributed by atoms with van der Waals surface area (Å²) in [4.78, 5) is 4.60. The van der Waals surface area contributed by atoms with E-state index in [1.807, 2.05) is 0 Å². The maximum absolute atomic E-state index is 4.60. The van der Waals surface area contributed by atoms with Gasteiger partial charge in [-0.1, -0.05) is 6.42 Å². The van der Waals surface area contributed by atoms with Crippen LogP contribution >= 0.6 is 0 Å². The predicted molar refractivity (Wildman–Crippen MR) is 59.8 cm³/mol. The summed E-state index contributed by atoms with van der Waals surface area (Å²) in [5.41, 5.74) is 0. The lowest BCUT2D eigenvalue weighted by Crippen LogP contribution is -2.42. The van der Waals surface area contributed by atoms with Gasteiger partial charge in [0.1, 0.15) is 0 Å². The quantitative estimate of drug-likeness (QED) is 0.661. The normalized spacial score (nSPS) is 25.3. The van der Waals surface area contributed by atoms with Gasteiger partial charge in [0.15, 0.2) is 0 Å². The third-order valence-electron chi connectivity index (χ3n) is 3.08. The monoisotopic (exact) mass is 195 g/mol. The fourth-order valence-corrected chi connectivity index (χ4v) is 2.19. The van der Waals surface area contributed by atoms with Gasteiger partial charge in [0.25, 0.3) is 0 Å². The number of amidine groups is 1. The van der Waals surface area contributed by atoms with Crippen LogP contribution < -0.4 is 10.6 Å². The van der Waals surface area contributed by atoms with Crippen LogP contribution in [0.1, 0.15) is 38.5 Å². The van der Waals surface area contributed by atoms with E-state index < -0.39 is 0 Å². The Morgan fingerprint density at radius 1 is 1.14 bits per heavy atom. The molecule has 0 aromatic heterocycles. The molecule has 0 aliphatic carbocycles. The Morgan fingerprint density at radius 2 is 2.00 bits per heavy atom. The second-order valence-corrected chi connectivity index (χ2v) is 4.31. The smallest absolute Gasteiger partial charge is 0.0965 e. The van der Waals surface area contributed by atoms with Gasteiger partial charge in [0.2, 0.25) is 0 Å². The molecule has 2 aliphatic rings. The highest BCUT2D eigenvalue weighted by molar-refractivity contribution is 5.82. The van der Waals surface area contributed by atoms with Gasteiger partial charge in [0, 0.05) is 19.0 Å². The molecule has 0 amide bonds. The number of hydrogen-bond donors (Lipinski definition) is 2. The van der Waals surface area contributed by atoms with Crippen LogP contribution in [0.4, 0.5) is 0 Å². The van der Waals surface area contributed by atoms with Crippen molar-refractivity contribution in [2.45, 2.75) is 44.6 Å². The Bertz CT molecular complexity index is 195. The molecule has 2 rings (SSSR count). The summed E-state index contributed by atoms with van der Waals surface area (Å²) in [6.45, 7) is 3.35. The number of aliphatic imine (C=N–C) groups is 1. The molecule has 0 aromatic rings. The molecule has 3 heteroatoms. The molecule has 2 heterocycles. The maximum atomic E-state index is 4.60. The Balaban J connectivity index is 1.79. The second kappa shape index (κ2) is 5.35. The molecule has 0 radical (unpaired) electrons. The highest BCUT2D eigenvalue weighted by Gasteiger charge is 2.14. The van der Waals surface area contributed by atoms with Crippen molar-refractivity contribution in [3.8, 4) is 0 Å². The number of piperidine rings is 1. The van der Waals surface area contributed by atoms with Crippen molar-refractivity contribution in [2.75, 3.05) is 19.6 Å². The van der Waals surface area contributed by atoms with E-state index in [0.717, 1.165) is 19.6 Å². The summed E-state index contributed by atoms with van der Waals surface area (Å²) in [5.74, 6) is 1.27. The Morgan fingerprint density at radius 3 is 2.86 bits per heavy atom. The van der Waals surface area contributed by atoms with Crippen LogP contribution in [0.25, 0.3) is 0 Å². The van der Waals surface area contributed by atoms with Gasteiger partial charge in [-0.15, -0.1) is 0 Å². The summed E-state index contributed by atoms with van der Waals surface area (Å²) < 4.78 is 0.